The van der Waals surface area contributed by atoms with Gasteiger partial charge in [0.25, 0.3) is 5.91 Å². The Morgan fingerprint density at radius 3 is 2.95 bits per heavy atom. The van der Waals surface area contributed by atoms with Gasteiger partial charge in [-0.1, -0.05) is 18.2 Å². The van der Waals surface area contributed by atoms with E-state index in [1.165, 1.54) is 0 Å². The van der Waals surface area contributed by atoms with Gasteiger partial charge in [-0.2, -0.15) is 0 Å². The first-order valence-electron chi connectivity index (χ1n) is 7.41. The molecule has 20 heavy (non-hydrogen) atoms. The summed E-state index contributed by atoms with van der Waals surface area (Å²) in [5.74, 6) is 0.0714. The predicted molar refractivity (Wildman–Crippen MR) is 78.9 cm³/mol. The molecule has 0 saturated carbocycles. The average Bonchev–Trinajstić information content (AvgIpc) is 2.69. The fraction of sp³-hybridized carbons (Fsp3) is 0.562. The Hall–Kier alpha value is -1.39. The molecule has 2 fully saturated rings. The molecule has 1 aromatic carbocycles. The van der Waals surface area contributed by atoms with Crippen molar-refractivity contribution in [3.8, 4) is 0 Å². The van der Waals surface area contributed by atoms with Gasteiger partial charge in [0, 0.05) is 5.69 Å². The summed E-state index contributed by atoms with van der Waals surface area (Å²) in [6.07, 6.45) is 3.11. The lowest BCUT2D eigenvalue weighted by Crippen LogP contribution is -2.55. The minimum Gasteiger partial charge on any atom is -0.363 e. The molecule has 2 aliphatic heterocycles. The van der Waals surface area contributed by atoms with E-state index >= 15 is 0 Å². The zero-order valence-electron chi connectivity index (χ0n) is 12.0. The number of amides is 1. The maximum Gasteiger partial charge on any atom is 0.253 e. The first kappa shape index (κ1) is 13.6. The summed E-state index contributed by atoms with van der Waals surface area (Å²) in [6.45, 7) is 4.95. The second-order valence-corrected chi connectivity index (χ2v) is 5.84. The Morgan fingerprint density at radius 1 is 1.25 bits per heavy atom. The second kappa shape index (κ2) is 5.54. The molecule has 1 N–H and O–H groups in total. The highest BCUT2D eigenvalue weighted by molar-refractivity contribution is 5.95. The van der Waals surface area contributed by atoms with Gasteiger partial charge in [-0.25, -0.2) is 0 Å². The molecule has 1 spiro atoms. The third-order valence-corrected chi connectivity index (χ3v) is 4.40. The van der Waals surface area contributed by atoms with E-state index in [0.717, 1.165) is 43.6 Å². The van der Waals surface area contributed by atoms with Crippen molar-refractivity contribution in [3.63, 3.8) is 0 Å². The van der Waals surface area contributed by atoms with Gasteiger partial charge in [0.15, 0.2) is 0 Å². The number of hydrogen-bond donors (Lipinski definition) is 1. The standard InChI is InChI=1S/C16H22N2O2/c1-13-5-2-3-6-14(13)18-12-16(20-11-15(18)19)7-4-9-17-10-8-16/h2-3,5-6,17H,4,7-12H2,1H3. The van der Waals surface area contributed by atoms with Gasteiger partial charge in [-0.15, -0.1) is 0 Å². The van der Waals surface area contributed by atoms with Crippen molar-refractivity contribution in [2.75, 3.05) is 31.1 Å². The molecule has 108 valence electrons. The molecule has 2 heterocycles. The van der Waals surface area contributed by atoms with Crippen LogP contribution in [0, 0.1) is 6.92 Å². The van der Waals surface area contributed by atoms with E-state index in [0.29, 0.717) is 6.54 Å². The van der Waals surface area contributed by atoms with Crippen LogP contribution in [-0.4, -0.2) is 37.7 Å². The van der Waals surface area contributed by atoms with E-state index in [1.54, 1.807) is 0 Å². The largest absolute Gasteiger partial charge is 0.363 e. The SMILES string of the molecule is Cc1ccccc1N1CC2(CCCNCC2)OCC1=O. The third kappa shape index (κ3) is 2.58. The monoisotopic (exact) mass is 274 g/mol. The van der Waals surface area contributed by atoms with Gasteiger partial charge in [0.05, 0.1) is 12.1 Å². The fourth-order valence-electron chi connectivity index (χ4n) is 3.20. The number of para-hydroxylation sites is 1. The van der Waals surface area contributed by atoms with Crippen LogP contribution in [-0.2, 0) is 9.53 Å². The van der Waals surface area contributed by atoms with Crippen LogP contribution in [0.5, 0.6) is 0 Å². The molecule has 1 atom stereocenters. The molecule has 3 rings (SSSR count). The third-order valence-electron chi connectivity index (χ3n) is 4.40. The molecule has 0 bridgehead atoms. The Kier molecular flexibility index (Phi) is 3.76. The average molecular weight is 274 g/mol. The highest BCUT2D eigenvalue weighted by atomic mass is 16.5. The molecule has 1 unspecified atom stereocenters. The van der Waals surface area contributed by atoms with E-state index in [2.05, 4.69) is 18.3 Å². The molecule has 2 saturated heterocycles. The van der Waals surface area contributed by atoms with E-state index in [9.17, 15) is 4.79 Å². The van der Waals surface area contributed by atoms with Crippen molar-refractivity contribution >= 4 is 11.6 Å². The van der Waals surface area contributed by atoms with Crippen LogP contribution in [0.4, 0.5) is 5.69 Å². The number of ether oxygens (including phenoxy) is 1. The number of morpholine rings is 1. The normalized spacial score (nSPS) is 27.6. The molecule has 1 aromatic rings. The molecule has 2 aliphatic rings. The van der Waals surface area contributed by atoms with Gasteiger partial charge < -0.3 is 15.0 Å². The highest BCUT2D eigenvalue weighted by Crippen LogP contribution is 2.32. The first-order chi connectivity index (χ1) is 9.70. The van der Waals surface area contributed by atoms with Crippen LogP contribution in [0.25, 0.3) is 0 Å². The van der Waals surface area contributed by atoms with Crippen molar-refractivity contribution in [2.45, 2.75) is 31.8 Å². The maximum absolute atomic E-state index is 12.2. The summed E-state index contributed by atoms with van der Waals surface area (Å²) < 4.78 is 5.96. The quantitative estimate of drug-likeness (QED) is 0.850. The Morgan fingerprint density at radius 2 is 2.10 bits per heavy atom. The number of nitrogens with zero attached hydrogens (tertiary/aromatic N) is 1. The number of aryl methyl sites for hydroxylation is 1. The van der Waals surface area contributed by atoms with Gasteiger partial charge in [-0.05, 0) is 50.9 Å². The van der Waals surface area contributed by atoms with Crippen molar-refractivity contribution in [2.24, 2.45) is 0 Å². The number of carbonyl (C=O) groups is 1. The molecule has 0 aliphatic carbocycles. The van der Waals surface area contributed by atoms with Gasteiger partial charge in [0.2, 0.25) is 0 Å². The van der Waals surface area contributed by atoms with Crippen molar-refractivity contribution < 1.29 is 9.53 Å². The number of nitrogens with one attached hydrogen (secondary N) is 1. The Bertz CT molecular complexity index is 493. The van der Waals surface area contributed by atoms with Crippen molar-refractivity contribution in [1.82, 2.24) is 5.32 Å². The summed E-state index contributed by atoms with van der Waals surface area (Å²) in [5.41, 5.74) is 2.00. The van der Waals surface area contributed by atoms with Crippen LogP contribution < -0.4 is 10.2 Å². The van der Waals surface area contributed by atoms with Crippen molar-refractivity contribution in [3.05, 3.63) is 29.8 Å². The zero-order chi connectivity index (χ0) is 14.0. The minimum atomic E-state index is -0.167. The lowest BCUT2D eigenvalue weighted by molar-refractivity contribution is -0.139. The molecule has 4 heteroatoms. The lowest BCUT2D eigenvalue weighted by atomic mass is 9.92. The van der Waals surface area contributed by atoms with Crippen molar-refractivity contribution in [1.29, 1.82) is 0 Å². The summed E-state index contributed by atoms with van der Waals surface area (Å²) in [6, 6.07) is 8.09. The van der Waals surface area contributed by atoms with Crippen LogP contribution in [0.2, 0.25) is 0 Å². The number of rotatable bonds is 1. The minimum absolute atomic E-state index is 0.0714. The predicted octanol–water partition coefficient (Wildman–Crippen LogP) is 1.87. The Balaban J connectivity index is 1.86. The Labute approximate surface area is 120 Å². The molecular formula is C16H22N2O2. The van der Waals surface area contributed by atoms with E-state index < -0.39 is 0 Å². The number of hydrogen-bond acceptors (Lipinski definition) is 3. The maximum atomic E-state index is 12.2. The second-order valence-electron chi connectivity index (χ2n) is 5.84. The number of benzene rings is 1. The van der Waals surface area contributed by atoms with E-state index in [1.807, 2.05) is 23.1 Å². The first-order valence-corrected chi connectivity index (χ1v) is 7.41. The fourth-order valence-corrected chi connectivity index (χ4v) is 3.20. The van der Waals surface area contributed by atoms with Crippen LogP contribution >= 0.6 is 0 Å². The lowest BCUT2D eigenvalue weighted by Gasteiger charge is -2.42. The van der Waals surface area contributed by atoms with E-state index in [-0.39, 0.29) is 18.1 Å². The van der Waals surface area contributed by atoms with Crippen LogP contribution in [0.1, 0.15) is 24.8 Å². The van der Waals surface area contributed by atoms with Gasteiger partial charge in [-0.3, -0.25) is 4.79 Å². The molecule has 1 amide bonds. The van der Waals surface area contributed by atoms with Crippen LogP contribution in [0.15, 0.2) is 24.3 Å². The smallest absolute Gasteiger partial charge is 0.253 e. The summed E-state index contributed by atoms with van der Waals surface area (Å²) in [5, 5.41) is 3.41. The zero-order valence-corrected chi connectivity index (χ0v) is 12.0. The molecule has 0 radical (unpaired) electrons. The topological polar surface area (TPSA) is 41.6 Å². The number of carbonyl (C=O) groups excluding carboxylic acids is 1. The summed E-state index contributed by atoms with van der Waals surface area (Å²) in [7, 11) is 0. The van der Waals surface area contributed by atoms with Gasteiger partial charge >= 0.3 is 0 Å². The van der Waals surface area contributed by atoms with Gasteiger partial charge in [0.1, 0.15) is 6.61 Å². The summed E-state index contributed by atoms with van der Waals surface area (Å²) in [4.78, 5) is 14.2. The molecule has 0 aromatic heterocycles. The van der Waals surface area contributed by atoms with E-state index in [4.69, 9.17) is 4.74 Å². The summed E-state index contributed by atoms with van der Waals surface area (Å²) >= 11 is 0. The molecule has 4 nitrogen and oxygen atoms in total. The number of anilines is 1. The van der Waals surface area contributed by atoms with Crippen LogP contribution in [0.3, 0.4) is 0 Å². The molecular weight excluding hydrogens is 252 g/mol. The highest BCUT2D eigenvalue weighted by Gasteiger charge is 2.40.